The maximum atomic E-state index is 12.8. The quantitative estimate of drug-likeness (QED) is 0.853. The highest BCUT2D eigenvalue weighted by Gasteiger charge is 2.38. The van der Waals surface area contributed by atoms with E-state index in [2.05, 4.69) is 15.3 Å². The topological polar surface area (TPSA) is 107 Å². The summed E-state index contributed by atoms with van der Waals surface area (Å²) in [6.07, 6.45) is -3.70. The third-order valence-electron chi connectivity index (χ3n) is 2.42. The van der Waals surface area contributed by atoms with Crippen LogP contribution in [0.3, 0.4) is 0 Å². The molecule has 0 amide bonds. The summed E-state index contributed by atoms with van der Waals surface area (Å²) in [4.78, 5) is 0. The van der Waals surface area contributed by atoms with Crippen LogP contribution < -0.4 is 5.73 Å². The molecule has 0 bridgehead atoms. The number of fused-ring (bicyclic) bond motifs is 1. The summed E-state index contributed by atoms with van der Waals surface area (Å²) in [7, 11) is -3.32. The van der Waals surface area contributed by atoms with E-state index in [9.17, 15) is 21.6 Å². The minimum absolute atomic E-state index is 0.117. The molecule has 11 heteroatoms. The average molecular weight is 297 g/mol. The molecule has 2 aromatic heterocycles. The Labute approximate surface area is 105 Å². The lowest BCUT2D eigenvalue weighted by molar-refractivity contribution is -0.140. The number of nitrogens with one attached hydrogen (secondary N) is 1. The van der Waals surface area contributed by atoms with E-state index in [1.54, 1.807) is 0 Å². The molecule has 3 N–H and O–H groups in total. The van der Waals surface area contributed by atoms with Crippen molar-refractivity contribution < 1.29 is 21.6 Å². The largest absolute Gasteiger partial charge is 0.435 e. The summed E-state index contributed by atoms with van der Waals surface area (Å²) in [6, 6.07) is 0. The fourth-order valence-electron chi connectivity index (χ4n) is 1.59. The predicted octanol–water partition coefficient (Wildman–Crippen LogP) is 0.405. The maximum Gasteiger partial charge on any atom is 0.435 e. The number of halogens is 3. The number of hydrogen-bond acceptors (Lipinski definition) is 5. The van der Waals surface area contributed by atoms with Crippen LogP contribution in [-0.4, -0.2) is 40.4 Å². The number of alkyl halides is 3. The Kier molecular flexibility index (Phi) is 2.96. The average Bonchev–Trinajstić information content (AvgIpc) is 2.75. The van der Waals surface area contributed by atoms with Gasteiger partial charge in [-0.25, -0.2) is 13.1 Å². The van der Waals surface area contributed by atoms with Gasteiger partial charge in [0.25, 0.3) is 0 Å². The molecule has 0 aliphatic rings. The van der Waals surface area contributed by atoms with Gasteiger partial charge in [-0.2, -0.15) is 23.4 Å². The minimum Gasteiger partial charge on any atom is -0.383 e. The van der Waals surface area contributed by atoms with E-state index in [0.29, 0.717) is 0 Å². The summed E-state index contributed by atoms with van der Waals surface area (Å²) in [5.41, 5.74) is 4.08. The smallest absolute Gasteiger partial charge is 0.383 e. The molecule has 106 valence electrons. The lowest BCUT2D eigenvalue weighted by Gasteiger charge is -2.03. The van der Waals surface area contributed by atoms with Crippen LogP contribution in [0.25, 0.3) is 11.0 Å². The molecule has 0 aliphatic carbocycles. The summed E-state index contributed by atoms with van der Waals surface area (Å²) in [5, 5.41) is 8.84. The Hall–Kier alpha value is -1.78. The van der Waals surface area contributed by atoms with E-state index in [4.69, 9.17) is 5.73 Å². The van der Waals surface area contributed by atoms with Gasteiger partial charge in [0.05, 0.1) is 17.7 Å². The second kappa shape index (κ2) is 4.11. The van der Waals surface area contributed by atoms with Gasteiger partial charge < -0.3 is 5.73 Å². The first-order chi connectivity index (χ1) is 8.59. The van der Waals surface area contributed by atoms with E-state index in [1.165, 1.54) is 0 Å². The number of H-pyrrole nitrogens is 1. The second-order valence-electron chi connectivity index (χ2n) is 4.04. The van der Waals surface area contributed by atoms with Crippen molar-refractivity contribution in [1.82, 2.24) is 20.0 Å². The molecule has 0 radical (unpaired) electrons. The highest BCUT2D eigenvalue weighted by atomic mass is 32.2. The summed E-state index contributed by atoms with van der Waals surface area (Å²) < 4.78 is 61.3. The number of aromatic nitrogens is 4. The van der Waals surface area contributed by atoms with Crippen LogP contribution in [-0.2, 0) is 22.6 Å². The number of nitrogens with two attached hydrogens (primary N) is 1. The molecule has 0 aliphatic heterocycles. The molecule has 0 saturated carbocycles. The molecule has 0 unspecified atom stereocenters. The van der Waals surface area contributed by atoms with Gasteiger partial charge in [-0.05, 0) is 0 Å². The first-order valence-corrected chi connectivity index (χ1v) is 7.11. The van der Waals surface area contributed by atoms with Gasteiger partial charge in [0, 0.05) is 6.26 Å². The van der Waals surface area contributed by atoms with Gasteiger partial charge in [0.15, 0.2) is 11.3 Å². The summed E-state index contributed by atoms with van der Waals surface area (Å²) >= 11 is 0. The van der Waals surface area contributed by atoms with Crippen molar-refractivity contribution in [3.05, 3.63) is 5.69 Å². The zero-order chi connectivity index (χ0) is 14.4. The van der Waals surface area contributed by atoms with Crippen LogP contribution in [0.15, 0.2) is 0 Å². The van der Waals surface area contributed by atoms with Crippen LogP contribution in [0.5, 0.6) is 0 Å². The van der Waals surface area contributed by atoms with E-state index >= 15 is 0 Å². The molecule has 2 rings (SSSR count). The molecule has 0 aromatic carbocycles. The Balaban J connectivity index is 2.52. The fraction of sp³-hybridized carbons (Fsp3) is 0.500. The van der Waals surface area contributed by atoms with Crippen molar-refractivity contribution in [2.24, 2.45) is 0 Å². The molecule has 2 aromatic rings. The molecule has 19 heavy (non-hydrogen) atoms. The highest BCUT2D eigenvalue weighted by molar-refractivity contribution is 7.90. The number of nitrogens with zero attached hydrogens (tertiary/aromatic N) is 3. The number of rotatable bonds is 3. The second-order valence-corrected chi connectivity index (χ2v) is 6.30. The molecular formula is C8H10F3N5O2S. The van der Waals surface area contributed by atoms with Gasteiger partial charge >= 0.3 is 6.18 Å². The van der Waals surface area contributed by atoms with Crippen LogP contribution in [0, 0.1) is 0 Å². The lowest BCUT2D eigenvalue weighted by Crippen LogP contribution is -2.14. The van der Waals surface area contributed by atoms with Crippen molar-refractivity contribution >= 4 is 26.7 Å². The molecule has 2 heterocycles. The standard InChI is InChI=1S/C8H10F3N5O2S/c1-19(17,18)3-2-16-7-4(6(12)13-14-7)5(15-16)8(9,10)11/h2-3H2,1H3,(H3,12,13,14). The first kappa shape index (κ1) is 13.6. The summed E-state index contributed by atoms with van der Waals surface area (Å²) in [6.45, 7) is -0.226. The molecular weight excluding hydrogens is 287 g/mol. The number of sulfone groups is 1. The van der Waals surface area contributed by atoms with Gasteiger partial charge in [0.2, 0.25) is 0 Å². The number of anilines is 1. The Morgan fingerprint density at radius 1 is 1.42 bits per heavy atom. The van der Waals surface area contributed by atoms with Crippen LogP contribution in [0.4, 0.5) is 19.0 Å². The van der Waals surface area contributed by atoms with Crippen molar-refractivity contribution in [3.63, 3.8) is 0 Å². The lowest BCUT2D eigenvalue weighted by atomic mass is 10.3. The third kappa shape index (κ3) is 2.64. The van der Waals surface area contributed by atoms with E-state index in [-0.39, 0.29) is 29.1 Å². The molecule has 7 nitrogen and oxygen atoms in total. The Morgan fingerprint density at radius 3 is 2.58 bits per heavy atom. The van der Waals surface area contributed by atoms with Gasteiger partial charge in [0.1, 0.15) is 15.7 Å². The fourth-order valence-corrected chi connectivity index (χ4v) is 2.09. The molecule has 0 fully saturated rings. The Bertz CT molecular complexity index is 715. The van der Waals surface area contributed by atoms with Crippen molar-refractivity contribution in [2.75, 3.05) is 17.7 Å². The molecule has 0 spiro atoms. The predicted molar refractivity (Wildman–Crippen MR) is 61.0 cm³/mol. The first-order valence-electron chi connectivity index (χ1n) is 5.05. The SMILES string of the molecule is CS(=O)(=O)CCn1nc(C(F)(F)F)c2c(N)[nH]nc21. The molecule has 0 atom stereocenters. The highest BCUT2D eigenvalue weighted by Crippen LogP contribution is 2.35. The zero-order valence-electron chi connectivity index (χ0n) is 9.69. The van der Waals surface area contributed by atoms with Gasteiger partial charge in [-0.3, -0.25) is 5.10 Å². The van der Waals surface area contributed by atoms with Crippen LogP contribution >= 0.6 is 0 Å². The van der Waals surface area contributed by atoms with Crippen LogP contribution in [0.1, 0.15) is 5.69 Å². The van der Waals surface area contributed by atoms with Gasteiger partial charge in [-0.1, -0.05) is 0 Å². The van der Waals surface area contributed by atoms with Crippen molar-refractivity contribution in [2.45, 2.75) is 12.7 Å². The number of aromatic amines is 1. The van der Waals surface area contributed by atoms with Crippen LogP contribution in [0.2, 0.25) is 0 Å². The normalized spacial score (nSPS) is 13.3. The van der Waals surface area contributed by atoms with E-state index in [0.717, 1.165) is 10.9 Å². The molecule has 0 saturated heterocycles. The number of nitrogen functional groups attached to an aromatic ring is 1. The van der Waals surface area contributed by atoms with Crippen molar-refractivity contribution in [3.8, 4) is 0 Å². The Morgan fingerprint density at radius 2 is 2.05 bits per heavy atom. The zero-order valence-corrected chi connectivity index (χ0v) is 10.5. The number of hydrogen-bond donors (Lipinski definition) is 2. The van der Waals surface area contributed by atoms with Crippen molar-refractivity contribution in [1.29, 1.82) is 0 Å². The van der Waals surface area contributed by atoms with Gasteiger partial charge in [-0.15, -0.1) is 0 Å². The van der Waals surface area contributed by atoms with E-state index < -0.39 is 21.7 Å². The third-order valence-corrected chi connectivity index (χ3v) is 3.34. The number of aryl methyl sites for hydroxylation is 1. The maximum absolute atomic E-state index is 12.8. The monoisotopic (exact) mass is 297 g/mol. The minimum atomic E-state index is -4.69. The summed E-state index contributed by atoms with van der Waals surface area (Å²) in [5.74, 6) is -0.596. The van der Waals surface area contributed by atoms with E-state index in [1.807, 2.05) is 0 Å².